The molecule has 2 rings (SSSR count). The third kappa shape index (κ3) is 3.43. The van der Waals surface area contributed by atoms with Gasteiger partial charge in [-0.2, -0.15) is 11.8 Å². The van der Waals surface area contributed by atoms with Crippen LogP contribution < -0.4 is 5.73 Å². The van der Waals surface area contributed by atoms with E-state index in [1.807, 2.05) is 23.6 Å². The highest BCUT2D eigenvalue weighted by molar-refractivity contribution is 7.99. The Balaban J connectivity index is 2.14. The van der Waals surface area contributed by atoms with Gasteiger partial charge >= 0.3 is 0 Å². The number of amides is 1. The molecule has 0 saturated carbocycles. The zero-order chi connectivity index (χ0) is 13.8. The first-order valence-corrected chi connectivity index (χ1v) is 8.34. The third-order valence-electron chi connectivity index (χ3n) is 3.31. The Morgan fingerprint density at radius 1 is 1.63 bits per heavy atom. The lowest BCUT2D eigenvalue weighted by molar-refractivity contribution is 0.0629. The summed E-state index contributed by atoms with van der Waals surface area (Å²) in [6.45, 7) is 3.17. The molecule has 0 radical (unpaired) electrons. The first-order chi connectivity index (χ1) is 9.13. The fraction of sp³-hybridized carbons (Fsp3) is 0.615. The summed E-state index contributed by atoms with van der Waals surface area (Å²) in [6, 6.07) is 2.13. The minimum atomic E-state index is 0.0920. The highest BCUT2D eigenvalue weighted by Crippen LogP contribution is 2.28. The van der Waals surface area contributed by atoms with Crippen LogP contribution in [0.2, 0.25) is 0 Å². The highest BCUT2D eigenvalue weighted by Gasteiger charge is 2.28. The Morgan fingerprint density at radius 3 is 2.95 bits per heavy atom. The van der Waals surface area contributed by atoms with Crippen LogP contribution in [0.15, 0.2) is 6.07 Å². The van der Waals surface area contributed by atoms with Gasteiger partial charge in [0.2, 0.25) is 0 Å². The molecular weight excluding hydrogens is 280 g/mol. The van der Waals surface area contributed by atoms with E-state index in [9.17, 15) is 4.79 Å². The van der Waals surface area contributed by atoms with E-state index in [0.29, 0.717) is 24.9 Å². The quantitative estimate of drug-likeness (QED) is 0.906. The summed E-state index contributed by atoms with van der Waals surface area (Å²) in [6.07, 6.45) is 1.07. The van der Waals surface area contributed by atoms with Gasteiger partial charge in [-0.25, -0.2) is 0 Å². The van der Waals surface area contributed by atoms with E-state index >= 15 is 0 Å². The number of anilines is 1. The summed E-state index contributed by atoms with van der Waals surface area (Å²) in [5, 5.41) is 0. The lowest BCUT2D eigenvalue weighted by Gasteiger charge is -2.27. The summed E-state index contributed by atoms with van der Waals surface area (Å²) in [5.74, 6) is 2.25. The van der Waals surface area contributed by atoms with Gasteiger partial charge in [-0.15, -0.1) is 11.3 Å². The predicted molar refractivity (Wildman–Crippen MR) is 82.1 cm³/mol. The Kier molecular flexibility index (Phi) is 5.13. The Morgan fingerprint density at radius 2 is 2.42 bits per heavy atom. The van der Waals surface area contributed by atoms with Crippen molar-refractivity contribution in [1.29, 1.82) is 0 Å². The second-order valence-electron chi connectivity index (χ2n) is 4.63. The van der Waals surface area contributed by atoms with Crippen molar-refractivity contribution in [1.82, 2.24) is 4.90 Å². The number of ether oxygens (including phenoxy) is 1. The summed E-state index contributed by atoms with van der Waals surface area (Å²) < 4.78 is 5.12. The van der Waals surface area contributed by atoms with Crippen LogP contribution in [0.25, 0.3) is 0 Å². The molecule has 0 bridgehead atoms. The molecule has 106 valence electrons. The van der Waals surface area contributed by atoms with E-state index in [1.165, 1.54) is 11.3 Å². The molecule has 0 spiro atoms. The SMILES string of the molecule is COCCN(C(=O)c1cc(N)c(C)s1)C1CCSC1. The van der Waals surface area contributed by atoms with Gasteiger partial charge in [0.15, 0.2) is 0 Å². The van der Waals surface area contributed by atoms with Crippen molar-refractivity contribution in [3.8, 4) is 0 Å². The van der Waals surface area contributed by atoms with Crippen molar-refractivity contribution in [2.24, 2.45) is 0 Å². The number of hydrogen-bond acceptors (Lipinski definition) is 5. The standard InChI is InChI=1S/C13H20N2O2S2/c1-9-11(14)7-12(19-9)13(16)15(4-5-17-2)10-3-6-18-8-10/h7,10H,3-6,8,14H2,1-2H3. The van der Waals surface area contributed by atoms with Gasteiger partial charge in [0.1, 0.15) is 0 Å². The number of methoxy groups -OCH3 is 1. The van der Waals surface area contributed by atoms with Gasteiger partial charge in [0, 0.05) is 36.0 Å². The molecule has 1 atom stereocenters. The number of thioether (sulfide) groups is 1. The molecule has 2 heterocycles. The van der Waals surface area contributed by atoms with Crippen molar-refractivity contribution >= 4 is 34.7 Å². The Bertz CT molecular complexity index is 422. The van der Waals surface area contributed by atoms with Crippen LogP contribution in [0.1, 0.15) is 21.0 Å². The number of nitrogens with two attached hydrogens (primary N) is 1. The summed E-state index contributed by atoms with van der Waals surface area (Å²) in [4.78, 5) is 16.3. The molecule has 4 nitrogen and oxygen atoms in total. The monoisotopic (exact) mass is 300 g/mol. The molecule has 19 heavy (non-hydrogen) atoms. The Hall–Kier alpha value is -0.720. The van der Waals surface area contributed by atoms with Crippen molar-refractivity contribution in [3.63, 3.8) is 0 Å². The predicted octanol–water partition coefficient (Wildman–Crippen LogP) is 2.23. The van der Waals surface area contributed by atoms with Crippen molar-refractivity contribution in [2.45, 2.75) is 19.4 Å². The van der Waals surface area contributed by atoms with E-state index in [0.717, 1.165) is 27.7 Å². The lowest BCUT2D eigenvalue weighted by atomic mass is 10.2. The van der Waals surface area contributed by atoms with Crippen LogP contribution in [-0.2, 0) is 4.74 Å². The van der Waals surface area contributed by atoms with Gasteiger partial charge < -0.3 is 15.4 Å². The molecule has 0 aliphatic carbocycles. The van der Waals surface area contributed by atoms with Crippen molar-refractivity contribution < 1.29 is 9.53 Å². The normalized spacial score (nSPS) is 18.7. The summed E-state index contributed by atoms with van der Waals surface area (Å²) >= 11 is 3.39. The van der Waals surface area contributed by atoms with Crippen molar-refractivity contribution in [3.05, 3.63) is 15.8 Å². The number of carbonyl (C=O) groups is 1. The largest absolute Gasteiger partial charge is 0.398 e. The fourth-order valence-electron chi connectivity index (χ4n) is 2.15. The van der Waals surface area contributed by atoms with Crippen molar-refractivity contribution in [2.75, 3.05) is 37.5 Å². The molecule has 1 saturated heterocycles. The van der Waals surface area contributed by atoms with Gasteiger partial charge in [-0.3, -0.25) is 4.79 Å². The molecular formula is C13H20N2O2S2. The van der Waals surface area contributed by atoms with Crippen LogP contribution in [-0.4, -0.2) is 48.6 Å². The third-order valence-corrected chi connectivity index (χ3v) is 5.51. The lowest BCUT2D eigenvalue weighted by Crippen LogP contribution is -2.42. The number of thiophene rings is 1. The van der Waals surface area contributed by atoms with Crippen LogP contribution in [0, 0.1) is 6.92 Å². The zero-order valence-electron chi connectivity index (χ0n) is 11.3. The van der Waals surface area contributed by atoms with Gasteiger partial charge in [-0.05, 0) is 25.2 Å². The topological polar surface area (TPSA) is 55.6 Å². The first kappa shape index (κ1) is 14.7. The minimum absolute atomic E-state index is 0.0920. The van der Waals surface area contributed by atoms with Gasteiger partial charge in [0.25, 0.3) is 5.91 Å². The molecule has 0 aromatic carbocycles. The van der Waals surface area contributed by atoms with Crippen LogP contribution in [0.5, 0.6) is 0 Å². The number of nitrogen functional groups attached to an aromatic ring is 1. The molecule has 6 heteroatoms. The van der Waals surface area contributed by atoms with Gasteiger partial charge in [-0.1, -0.05) is 0 Å². The minimum Gasteiger partial charge on any atom is -0.398 e. The van der Waals surface area contributed by atoms with E-state index in [1.54, 1.807) is 13.2 Å². The maximum absolute atomic E-state index is 12.6. The number of nitrogens with zero attached hydrogens (tertiary/aromatic N) is 1. The molecule has 1 aromatic heterocycles. The molecule has 1 amide bonds. The molecule has 2 N–H and O–H groups in total. The van der Waals surface area contributed by atoms with Crippen LogP contribution >= 0.6 is 23.1 Å². The van der Waals surface area contributed by atoms with E-state index in [2.05, 4.69) is 0 Å². The van der Waals surface area contributed by atoms with E-state index in [4.69, 9.17) is 10.5 Å². The number of carbonyl (C=O) groups excluding carboxylic acids is 1. The average Bonchev–Trinajstić information content (AvgIpc) is 3.01. The number of rotatable bonds is 5. The second-order valence-corrected chi connectivity index (χ2v) is 7.04. The maximum Gasteiger partial charge on any atom is 0.264 e. The van der Waals surface area contributed by atoms with E-state index < -0.39 is 0 Å². The molecule has 1 fully saturated rings. The van der Waals surface area contributed by atoms with Gasteiger partial charge in [0.05, 0.1) is 11.5 Å². The van der Waals surface area contributed by atoms with E-state index in [-0.39, 0.29) is 5.91 Å². The van der Waals surface area contributed by atoms with Crippen LogP contribution in [0.4, 0.5) is 5.69 Å². The number of hydrogen-bond donors (Lipinski definition) is 1. The molecule has 1 unspecified atom stereocenters. The molecule has 1 aliphatic rings. The van der Waals surface area contributed by atoms with Crippen LogP contribution in [0.3, 0.4) is 0 Å². The average molecular weight is 300 g/mol. The smallest absolute Gasteiger partial charge is 0.264 e. The maximum atomic E-state index is 12.6. The fourth-order valence-corrected chi connectivity index (χ4v) is 4.27. The highest BCUT2D eigenvalue weighted by atomic mass is 32.2. The second kappa shape index (κ2) is 6.63. The Labute approximate surface area is 122 Å². The summed E-state index contributed by atoms with van der Waals surface area (Å²) in [7, 11) is 1.67. The zero-order valence-corrected chi connectivity index (χ0v) is 13.0. The summed E-state index contributed by atoms with van der Waals surface area (Å²) in [5.41, 5.74) is 6.55. The number of aryl methyl sites for hydroxylation is 1. The first-order valence-electron chi connectivity index (χ1n) is 6.37. The molecule has 1 aliphatic heterocycles. The molecule has 1 aromatic rings.